The van der Waals surface area contributed by atoms with Crippen molar-refractivity contribution in [3.05, 3.63) is 76.8 Å². The standard InChI is InChI=1S/C20H15N7O3/c21-20(28)22-16-10-9-15(13-7-4-8-14(11-13)27(29)30)17(12-5-2-1-3-6-12)18(16)19-23-25-26-24-19/h1-11H,(H3,21,22,28)(H,23,24,25,26). The molecule has 0 fully saturated rings. The lowest BCUT2D eigenvalue weighted by Gasteiger charge is -2.18. The fraction of sp³-hybridized carbons (Fsp3) is 0. The number of H-pyrrole nitrogens is 1. The van der Waals surface area contributed by atoms with Crippen molar-refractivity contribution >= 4 is 17.4 Å². The molecule has 4 aromatic rings. The zero-order chi connectivity index (χ0) is 21.1. The lowest BCUT2D eigenvalue weighted by molar-refractivity contribution is -0.384. The number of hydrogen-bond acceptors (Lipinski definition) is 6. The summed E-state index contributed by atoms with van der Waals surface area (Å²) in [4.78, 5) is 22.4. The molecule has 2 amide bonds. The number of primary amides is 1. The van der Waals surface area contributed by atoms with Gasteiger partial charge in [-0.25, -0.2) is 4.79 Å². The van der Waals surface area contributed by atoms with Crippen LogP contribution in [0.4, 0.5) is 16.2 Å². The Kier molecular flexibility index (Phi) is 4.87. The lowest BCUT2D eigenvalue weighted by atomic mass is 9.89. The highest BCUT2D eigenvalue weighted by atomic mass is 16.6. The second-order valence-corrected chi connectivity index (χ2v) is 6.31. The molecule has 0 aliphatic rings. The van der Waals surface area contributed by atoms with Crippen LogP contribution in [0.1, 0.15) is 0 Å². The van der Waals surface area contributed by atoms with Gasteiger partial charge in [-0.3, -0.25) is 10.1 Å². The van der Waals surface area contributed by atoms with E-state index in [1.807, 2.05) is 30.3 Å². The summed E-state index contributed by atoms with van der Waals surface area (Å²) in [5.41, 5.74) is 8.97. The largest absolute Gasteiger partial charge is 0.351 e. The van der Waals surface area contributed by atoms with Crippen molar-refractivity contribution in [2.75, 3.05) is 5.32 Å². The SMILES string of the molecule is NC(=O)Nc1ccc(-c2cccc([N+](=O)[O-])c2)c(-c2ccccc2)c1-c1nn[nH]n1. The van der Waals surface area contributed by atoms with Gasteiger partial charge in [0.1, 0.15) is 0 Å². The van der Waals surface area contributed by atoms with Gasteiger partial charge in [0.05, 0.1) is 16.2 Å². The predicted molar refractivity (Wildman–Crippen MR) is 110 cm³/mol. The average molecular weight is 401 g/mol. The van der Waals surface area contributed by atoms with Gasteiger partial charge in [0, 0.05) is 17.7 Å². The fourth-order valence-corrected chi connectivity index (χ4v) is 3.27. The molecule has 10 nitrogen and oxygen atoms in total. The van der Waals surface area contributed by atoms with Gasteiger partial charge in [0.25, 0.3) is 5.69 Å². The van der Waals surface area contributed by atoms with Crippen LogP contribution in [0.15, 0.2) is 66.7 Å². The van der Waals surface area contributed by atoms with Crippen LogP contribution >= 0.6 is 0 Å². The number of nitro groups is 1. The fourth-order valence-electron chi connectivity index (χ4n) is 3.27. The van der Waals surface area contributed by atoms with E-state index in [0.717, 1.165) is 5.56 Å². The Labute approximate surface area is 169 Å². The second-order valence-electron chi connectivity index (χ2n) is 6.31. The van der Waals surface area contributed by atoms with Gasteiger partial charge in [0.15, 0.2) is 0 Å². The highest BCUT2D eigenvalue weighted by Crippen LogP contribution is 2.43. The van der Waals surface area contributed by atoms with Crippen molar-refractivity contribution < 1.29 is 9.72 Å². The molecule has 0 bridgehead atoms. The first kappa shape index (κ1) is 18.7. The Hall–Kier alpha value is -4.60. The number of tetrazole rings is 1. The molecule has 0 aliphatic heterocycles. The molecule has 148 valence electrons. The third kappa shape index (κ3) is 3.56. The van der Waals surface area contributed by atoms with Crippen molar-refractivity contribution in [2.45, 2.75) is 0 Å². The van der Waals surface area contributed by atoms with E-state index < -0.39 is 11.0 Å². The number of aromatic nitrogens is 4. The van der Waals surface area contributed by atoms with Crippen LogP contribution in [0.2, 0.25) is 0 Å². The molecule has 0 saturated heterocycles. The summed E-state index contributed by atoms with van der Waals surface area (Å²) < 4.78 is 0. The second kappa shape index (κ2) is 7.80. The van der Waals surface area contributed by atoms with E-state index in [1.165, 1.54) is 12.1 Å². The molecule has 0 saturated carbocycles. The van der Waals surface area contributed by atoms with E-state index in [1.54, 1.807) is 24.3 Å². The number of nitrogens with zero attached hydrogens (tertiary/aromatic N) is 4. The van der Waals surface area contributed by atoms with E-state index in [0.29, 0.717) is 27.9 Å². The number of benzene rings is 3. The number of carbonyl (C=O) groups excluding carboxylic acids is 1. The summed E-state index contributed by atoms with van der Waals surface area (Å²) >= 11 is 0. The van der Waals surface area contributed by atoms with E-state index in [4.69, 9.17) is 5.73 Å². The minimum atomic E-state index is -0.748. The van der Waals surface area contributed by atoms with Gasteiger partial charge in [-0.1, -0.05) is 48.5 Å². The summed E-state index contributed by atoms with van der Waals surface area (Å²) in [6, 6.07) is 18.3. The van der Waals surface area contributed by atoms with Crippen LogP contribution in [0.25, 0.3) is 33.6 Å². The maximum atomic E-state index is 11.6. The first-order chi connectivity index (χ1) is 14.5. The number of nitrogens with one attached hydrogen (secondary N) is 2. The summed E-state index contributed by atoms with van der Waals surface area (Å²) in [6.45, 7) is 0. The highest BCUT2D eigenvalue weighted by molar-refractivity contribution is 6.02. The summed E-state index contributed by atoms with van der Waals surface area (Å²) in [5, 5.41) is 28.0. The Balaban J connectivity index is 2.07. The molecular formula is C20H15N7O3. The molecule has 0 aliphatic carbocycles. The maximum absolute atomic E-state index is 11.6. The third-order valence-corrected chi connectivity index (χ3v) is 4.46. The number of anilines is 1. The summed E-state index contributed by atoms with van der Waals surface area (Å²) in [7, 11) is 0. The van der Waals surface area contributed by atoms with E-state index in [2.05, 4.69) is 25.9 Å². The van der Waals surface area contributed by atoms with Crippen LogP contribution in [-0.2, 0) is 0 Å². The molecule has 3 aromatic carbocycles. The zero-order valence-electron chi connectivity index (χ0n) is 15.4. The van der Waals surface area contributed by atoms with Gasteiger partial charge in [-0.05, 0) is 28.0 Å². The monoisotopic (exact) mass is 401 g/mol. The minimum Gasteiger partial charge on any atom is -0.351 e. The quantitative estimate of drug-likeness (QED) is 0.343. The number of carbonyl (C=O) groups is 1. The molecule has 4 N–H and O–H groups in total. The van der Waals surface area contributed by atoms with Crippen molar-refractivity contribution in [3.63, 3.8) is 0 Å². The van der Waals surface area contributed by atoms with Crippen molar-refractivity contribution in [1.82, 2.24) is 20.6 Å². The van der Waals surface area contributed by atoms with Crippen LogP contribution < -0.4 is 11.1 Å². The van der Waals surface area contributed by atoms with Gasteiger partial charge >= 0.3 is 6.03 Å². The van der Waals surface area contributed by atoms with Gasteiger partial charge < -0.3 is 11.1 Å². The van der Waals surface area contributed by atoms with E-state index in [9.17, 15) is 14.9 Å². The maximum Gasteiger partial charge on any atom is 0.316 e. The molecule has 0 spiro atoms. The Bertz CT molecular complexity index is 1220. The van der Waals surface area contributed by atoms with E-state index in [-0.39, 0.29) is 11.5 Å². The molecule has 4 rings (SSSR count). The topological polar surface area (TPSA) is 153 Å². The number of hydrogen-bond donors (Lipinski definition) is 3. The Morgan fingerprint density at radius 3 is 2.43 bits per heavy atom. The number of nitrogens with two attached hydrogens (primary N) is 1. The summed E-state index contributed by atoms with van der Waals surface area (Å²) in [6.07, 6.45) is 0. The van der Waals surface area contributed by atoms with Crippen LogP contribution in [0.5, 0.6) is 0 Å². The van der Waals surface area contributed by atoms with Crippen molar-refractivity contribution in [1.29, 1.82) is 0 Å². The Morgan fingerprint density at radius 2 is 1.77 bits per heavy atom. The molecule has 0 atom stereocenters. The molecule has 0 unspecified atom stereocenters. The lowest BCUT2D eigenvalue weighted by Crippen LogP contribution is -2.20. The third-order valence-electron chi connectivity index (χ3n) is 4.46. The van der Waals surface area contributed by atoms with Crippen LogP contribution in [0, 0.1) is 10.1 Å². The highest BCUT2D eigenvalue weighted by Gasteiger charge is 2.22. The van der Waals surface area contributed by atoms with E-state index >= 15 is 0 Å². The predicted octanol–water partition coefficient (Wildman–Crippen LogP) is 3.60. The zero-order valence-corrected chi connectivity index (χ0v) is 15.4. The molecule has 1 heterocycles. The van der Waals surface area contributed by atoms with Crippen molar-refractivity contribution in [3.8, 4) is 33.6 Å². The van der Waals surface area contributed by atoms with Gasteiger partial charge in [-0.15, -0.1) is 10.2 Å². The van der Waals surface area contributed by atoms with Gasteiger partial charge in [0.2, 0.25) is 5.82 Å². The smallest absolute Gasteiger partial charge is 0.316 e. The number of urea groups is 1. The summed E-state index contributed by atoms with van der Waals surface area (Å²) in [5.74, 6) is 0.241. The Morgan fingerprint density at radius 1 is 1.00 bits per heavy atom. The molecule has 30 heavy (non-hydrogen) atoms. The van der Waals surface area contributed by atoms with Crippen LogP contribution in [-0.4, -0.2) is 31.6 Å². The number of aromatic amines is 1. The van der Waals surface area contributed by atoms with Gasteiger partial charge in [-0.2, -0.15) is 5.21 Å². The average Bonchev–Trinajstić information content (AvgIpc) is 3.28. The van der Waals surface area contributed by atoms with Crippen LogP contribution in [0.3, 0.4) is 0 Å². The number of amides is 2. The molecule has 10 heteroatoms. The first-order valence-corrected chi connectivity index (χ1v) is 8.82. The normalized spacial score (nSPS) is 10.5. The first-order valence-electron chi connectivity index (χ1n) is 8.82. The minimum absolute atomic E-state index is 0.0352. The van der Waals surface area contributed by atoms with Crippen molar-refractivity contribution in [2.24, 2.45) is 5.73 Å². The number of rotatable bonds is 5. The molecule has 1 aromatic heterocycles. The molecular weight excluding hydrogens is 386 g/mol. The number of non-ortho nitro benzene ring substituents is 1. The number of nitro benzene ring substituents is 1. The molecule has 0 radical (unpaired) electrons.